The molecule has 8 heteroatoms. The molecule has 5 rings (SSSR count). The van der Waals surface area contributed by atoms with Crippen LogP contribution in [0.1, 0.15) is 44.1 Å². The number of nitrogens with one attached hydrogen (secondary N) is 1. The molecule has 1 spiro atoms. The Morgan fingerprint density at radius 2 is 1.84 bits per heavy atom. The van der Waals surface area contributed by atoms with Crippen LogP contribution in [0.25, 0.3) is 0 Å². The van der Waals surface area contributed by atoms with Gasteiger partial charge in [-0.05, 0) is 44.1 Å². The van der Waals surface area contributed by atoms with Crippen LogP contribution in [0.2, 0.25) is 0 Å². The van der Waals surface area contributed by atoms with Crippen molar-refractivity contribution in [3.63, 3.8) is 0 Å². The van der Waals surface area contributed by atoms with Crippen LogP contribution < -0.4 is 5.32 Å². The number of piperidine rings is 2. The van der Waals surface area contributed by atoms with Gasteiger partial charge in [0, 0.05) is 39.3 Å². The van der Waals surface area contributed by atoms with Crippen molar-refractivity contribution in [2.45, 2.75) is 62.8 Å². The van der Waals surface area contributed by atoms with E-state index in [1.807, 2.05) is 18.2 Å². The number of carbonyl (C=O) groups excluding carboxylic acids is 3. The van der Waals surface area contributed by atoms with E-state index in [2.05, 4.69) is 22.3 Å². The quantitative estimate of drug-likeness (QED) is 0.722. The van der Waals surface area contributed by atoms with Crippen molar-refractivity contribution in [3.05, 3.63) is 35.9 Å². The van der Waals surface area contributed by atoms with Crippen molar-refractivity contribution in [1.82, 2.24) is 20.0 Å². The van der Waals surface area contributed by atoms with E-state index < -0.39 is 5.54 Å². The molecule has 4 saturated heterocycles. The Kier molecular flexibility index (Phi) is 5.90. The molecule has 4 aliphatic heterocycles. The molecule has 0 unspecified atom stereocenters. The third-order valence-electron chi connectivity index (χ3n) is 7.43. The predicted octanol–water partition coefficient (Wildman–Crippen LogP) is 1.74. The molecule has 0 aromatic heterocycles. The van der Waals surface area contributed by atoms with E-state index in [1.165, 1.54) is 10.5 Å². The van der Waals surface area contributed by atoms with Crippen LogP contribution in [0, 0.1) is 0 Å². The largest absolute Gasteiger partial charge is 0.368 e. The second-order valence-corrected chi connectivity index (χ2v) is 9.53. The van der Waals surface area contributed by atoms with Crippen molar-refractivity contribution in [2.75, 3.05) is 32.8 Å². The van der Waals surface area contributed by atoms with Crippen LogP contribution in [-0.4, -0.2) is 83.0 Å². The summed E-state index contributed by atoms with van der Waals surface area (Å²) < 4.78 is 5.56. The lowest BCUT2D eigenvalue weighted by molar-refractivity contribution is -0.145. The summed E-state index contributed by atoms with van der Waals surface area (Å²) in [6.07, 6.45) is 4.06. The number of hydrogen-bond acceptors (Lipinski definition) is 5. The standard InChI is InChI=1S/C24H32N4O4/c29-21(20-9-5-15-32-20)27-12-4-8-19(17-27)28-22(30)24(25-23(28)31)10-13-26(14-11-24)16-18-6-2-1-3-7-18/h1-3,6-7,19-20H,4-5,8-17H2,(H,25,31)/t19-,20+/m0/s1. The normalized spacial score (nSPS) is 28.4. The topological polar surface area (TPSA) is 82.2 Å². The number of benzene rings is 1. The zero-order chi connectivity index (χ0) is 22.1. The number of nitrogens with zero attached hydrogens (tertiary/aromatic N) is 3. The first-order chi connectivity index (χ1) is 15.6. The van der Waals surface area contributed by atoms with Gasteiger partial charge in [-0.15, -0.1) is 0 Å². The summed E-state index contributed by atoms with van der Waals surface area (Å²) >= 11 is 0. The number of rotatable bonds is 4. The summed E-state index contributed by atoms with van der Waals surface area (Å²) in [5.74, 6) is -0.110. The highest BCUT2D eigenvalue weighted by molar-refractivity contribution is 6.07. The van der Waals surface area contributed by atoms with Gasteiger partial charge in [0.1, 0.15) is 11.6 Å². The molecule has 172 valence electrons. The van der Waals surface area contributed by atoms with Crippen molar-refractivity contribution in [2.24, 2.45) is 0 Å². The molecular weight excluding hydrogens is 408 g/mol. The molecule has 2 atom stereocenters. The summed E-state index contributed by atoms with van der Waals surface area (Å²) in [5, 5.41) is 3.03. The summed E-state index contributed by atoms with van der Waals surface area (Å²) in [7, 11) is 0. The monoisotopic (exact) mass is 440 g/mol. The van der Waals surface area contributed by atoms with Crippen molar-refractivity contribution >= 4 is 17.8 Å². The first kappa shape index (κ1) is 21.4. The number of imide groups is 1. The number of carbonyl (C=O) groups is 3. The smallest absolute Gasteiger partial charge is 0.325 e. The van der Waals surface area contributed by atoms with E-state index in [1.54, 1.807) is 4.90 Å². The van der Waals surface area contributed by atoms with Crippen LogP contribution >= 0.6 is 0 Å². The maximum absolute atomic E-state index is 13.5. The molecule has 0 aliphatic carbocycles. The van der Waals surface area contributed by atoms with Gasteiger partial charge < -0.3 is 15.0 Å². The van der Waals surface area contributed by atoms with Crippen LogP contribution in [0.3, 0.4) is 0 Å². The Morgan fingerprint density at radius 3 is 2.56 bits per heavy atom. The third kappa shape index (κ3) is 4.01. The molecule has 1 N–H and O–H groups in total. The molecule has 0 radical (unpaired) electrons. The average Bonchev–Trinajstić information content (AvgIpc) is 3.43. The number of urea groups is 1. The minimum atomic E-state index is -0.800. The molecule has 4 aliphatic rings. The molecular formula is C24H32N4O4. The lowest BCUT2D eigenvalue weighted by atomic mass is 9.87. The Labute approximate surface area is 188 Å². The lowest BCUT2D eigenvalue weighted by Gasteiger charge is -2.39. The molecule has 8 nitrogen and oxygen atoms in total. The Bertz CT molecular complexity index is 862. The average molecular weight is 441 g/mol. The van der Waals surface area contributed by atoms with Gasteiger partial charge in [0.05, 0.1) is 6.04 Å². The van der Waals surface area contributed by atoms with Crippen LogP contribution in [0.5, 0.6) is 0 Å². The fourth-order valence-electron chi connectivity index (χ4n) is 5.59. The fourth-order valence-corrected chi connectivity index (χ4v) is 5.59. The summed E-state index contributed by atoms with van der Waals surface area (Å²) in [4.78, 5) is 44.7. The van der Waals surface area contributed by atoms with Gasteiger partial charge >= 0.3 is 6.03 Å². The number of hydrogen-bond donors (Lipinski definition) is 1. The van der Waals surface area contributed by atoms with E-state index in [9.17, 15) is 14.4 Å². The number of amides is 4. The van der Waals surface area contributed by atoms with Crippen LogP contribution in [0.15, 0.2) is 30.3 Å². The molecule has 4 heterocycles. The molecule has 4 amide bonds. The van der Waals surface area contributed by atoms with Crippen molar-refractivity contribution in [1.29, 1.82) is 0 Å². The highest BCUT2D eigenvalue weighted by Gasteiger charge is 2.54. The molecule has 0 saturated carbocycles. The van der Waals surface area contributed by atoms with E-state index in [0.29, 0.717) is 32.5 Å². The van der Waals surface area contributed by atoms with Crippen molar-refractivity contribution < 1.29 is 19.1 Å². The summed E-state index contributed by atoms with van der Waals surface area (Å²) in [6.45, 7) is 4.09. The Hall–Kier alpha value is -2.45. The van der Waals surface area contributed by atoms with Crippen LogP contribution in [-0.2, 0) is 20.9 Å². The molecule has 1 aromatic carbocycles. The highest BCUT2D eigenvalue weighted by atomic mass is 16.5. The van der Waals surface area contributed by atoms with Gasteiger partial charge in [0.25, 0.3) is 11.8 Å². The van der Waals surface area contributed by atoms with Gasteiger partial charge in [-0.25, -0.2) is 4.79 Å². The summed E-state index contributed by atoms with van der Waals surface area (Å²) in [6, 6.07) is 9.75. The first-order valence-electron chi connectivity index (χ1n) is 11.9. The zero-order valence-corrected chi connectivity index (χ0v) is 18.5. The molecule has 0 bridgehead atoms. The zero-order valence-electron chi connectivity index (χ0n) is 18.5. The first-order valence-corrected chi connectivity index (χ1v) is 11.9. The SMILES string of the molecule is O=C([C@H]1CCCO1)N1CCC[C@H](N2C(=O)NC3(CCN(Cc4ccccc4)CC3)C2=O)C1. The Balaban J connectivity index is 1.21. The maximum Gasteiger partial charge on any atom is 0.325 e. The summed E-state index contributed by atoms with van der Waals surface area (Å²) in [5.41, 5.74) is 0.454. The molecule has 32 heavy (non-hydrogen) atoms. The predicted molar refractivity (Wildman–Crippen MR) is 118 cm³/mol. The maximum atomic E-state index is 13.5. The minimum absolute atomic E-state index is 0.00295. The highest BCUT2D eigenvalue weighted by Crippen LogP contribution is 2.33. The van der Waals surface area contributed by atoms with Gasteiger partial charge in [-0.2, -0.15) is 0 Å². The second kappa shape index (κ2) is 8.83. The lowest BCUT2D eigenvalue weighted by Crippen LogP contribution is -2.56. The van der Waals surface area contributed by atoms with Gasteiger partial charge in [-0.3, -0.25) is 19.4 Å². The molecule has 1 aromatic rings. The number of likely N-dealkylation sites (tertiary alicyclic amines) is 2. The second-order valence-electron chi connectivity index (χ2n) is 9.53. The van der Waals surface area contributed by atoms with E-state index in [0.717, 1.165) is 45.3 Å². The van der Waals surface area contributed by atoms with E-state index >= 15 is 0 Å². The van der Waals surface area contributed by atoms with Gasteiger partial charge in [-0.1, -0.05) is 30.3 Å². The van der Waals surface area contributed by atoms with Gasteiger partial charge in [0.15, 0.2) is 0 Å². The molecule has 4 fully saturated rings. The van der Waals surface area contributed by atoms with Crippen LogP contribution in [0.4, 0.5) is 4.79 Å². The Morgan fingerprint density at radius 1 is 1.06 bits per heavy atom. The number of ether oxygens (including phenoxy) is 1. The van der Waals surface area contributed by atoms with Crippen molar-refractivity contribution in [3.8, 4) is 0 Å². The van der Waals surface area contributed by atoms with E-state index in [4.69, 9.17) is 4.74 Å². The third-order valence-corrected chi connectivity index (χ3v) is 7.43. The van der Waals surface area contributed by atoms with E-state index in [-0.39, 0.29) is 30.0 Å². The fraction of sp³-hybridized carbons (Fsp3) is 0.625. The van der Waals surface area contributed by atoms with Gasteiger partial charge in [0.2, 0.25) is 0 Å². The minimum Gasteiger partial charge on any atom is -0.368 e.